The van der Waals surface area contributed by atoms with Crippen LogP contribution >= 0.6 is 0 Å². The lowest BCUT2D eigenvalue weighted by atomic mass is 10.1. The minimum absolute atomic E-state index is 0.470. The van der Waals surface area contributed by atoms with Gasteiger partial charge < -0.3 is 5.32 Å². The van der Waals surface area contributed by atoms with Gasteiger partial charge in [0.2, 0.25) is 0 Å². The third-order valence-corrected chi connectivity index (χ3v) is 2.32. The summed E-state index contributed by atoms with van der Waals surface area (Å²) in [7, 11) is 0. The second-order valence-corrected chi connectivity index (χ2v) is 3.70. The molecule has 0 saturated carbocycles. The molecule has 0 saturated heterocycles. The molecular formula is C13H20N2. The zero-order valence-electron chi connectivity index (χ0n) is 9.45. The van der Waals surface area contributed by atoms with Crippen LogP contribution in [-0.4, -0.2) is 17.6 Å². The molecule has 0 aliphatic rings. The Kier molecular flexibility index (Phi) is 5.71. The Labute approximate surface area is 92.4 Å². The highest BCUT2D eigenvalue weighted by molar-refractivity contribution is 5.05. The van der Waals surface area contributed by atoms with Crippen molar-refractivity contribution in [3.05, 3.63) is 42.7 Å². The molecule has 1 aromatic heterocycles. The molecule has 2 heteroatoms. The van der Waals surface area contributed by atoms with Crippen molar-refractivity contribution >= 4 is 0 Å². The first-order valence-electron chi connectivity index (χ1n) is 5.61. The first kappa shape index (κ1) is 11.9. The van der Waals surface area contributed by atoms with Crippen molar-refractivity contribution in [2.45, 2.75) is 32.2 Å². The van der Waals surface area contributed by atoms with Crippen LogP contribution in [-0.2, 0) is 6.42 Å². The molecule has 1 rings (SSSR count). The lowest BCUT2D eigenvalue weighted by Crippen LogP contribution is -2.31. The quantitative estimate of drug-likeness (QED) is 0.690. The highest BCUT2D eigenvalue weighted by Gasteiger charge is 2.06. The molecule has 0 amide bonds. The number of hydrogen-bond acceptors (Lipinski definition) is 2. The van der Waals surface area contributed by atoms with E-state index >= 15 is 0 Å². The summed E-state index contributed by atoms with van der Waals surface area (Å²) < 4.78 is 0. The molecule has 1 heterocycles. The van der Waals surface area contributed by atoms with E-state index in [2.05, 4.69) is 29.9 Å². The predicted molar refractivity (Wildman–Crippen MR) is 64.8 cm³/mol. The molecule has 0 fully saturated rings. The van der Waals surface area contributed by atoms with Gasteiger partial charge in [0.25, 0.3) is 0 Å². The van der Waals surface area contributed by atoms with Crippen LogP contribution in [0, 0.1) is 0 Å². The van der Waals surface area contributed by atoms with Gasteiger partial charge in [-0.05, 0) is 31.5 Å². The molecule has 1 N–H and O–H groups in total. The topological polar surface area (TPSA) is 24.9 Å². The minimum atomic E-state index is 0.470. The average Bonchev–Trinajstić information content (AvgIpc) is 2.28. The maximum Gasteiger partial charge on any atom is 0.0419 e. The van der Waals surface area contributed by atoms with E-state index in [0.29, 0.717) is 6.04 Å². The van der Waals surface area contributed by atoms with Crippen molar-refractivity contribution in [3.8, 4) is 0 Å². The molecule has 0 spiro atoms. The number of nitrogens with one attached hydrogen (secondary N) is 1. The summed E-state index contributed by atoms with van der Waals surface area (Å²) in [5.41, 5.74) is 1.15. The Bertz CT molecular complexity index is 269. The van der Waals surface area contributed by atoms with Crippen LogP contribution in [0.4, 0.5) is 0 Å². The molecule has 1 aromatic rings. The highest BCUT2D eigenvalue weighted by Crippen LogP contribution is 2.03. The fourth-order valence-electron chi connectivity index (χ4n) is 1.56. The van der Waals surface area contributed by atoms with E-state index < -0.39 is 0 Å². The molecule has 0 bridgehead atoms. The van der Waals surface area contributed by atoms with Gasteiger partial charge in [0.1, 0.15) is 0 Å². The van der Waals surface area contributed by atoms with Gasteiger partial charge >= 0.3 is 0 Å². The van der Waals surface area contributed by atoms with E-state index in [9.17, 15) is 0 Å². The molecular weight excluding hydrogens is 184 g/mol. The van der Waals surface area contributed by atoms with Gasteiger partial charge in [-0.1, -0.05) is 19.1 Å². The fraction of sp³-hybridized carbons (Fsp3) is 0.462. The first-order chi connectivity index (χ1) is 7.36. The van der Waals surface area contributed by atoms with Crippen molar-refractivity contribution in [2.75, 3.05) is 6.54 Å². The average molecular weight is 204 g/mol. The summed E-state index contributed by atoms with van der Waals surface area (Å²) in [6.07, 6.45) is 6.95. The lowest BCUT2D eigenvalue weighted by Gasteiger charge is -2.16. The van der Waals surface area contributed by atoms with Crippen molar-refractivity contribution in [2.24, 2.45) is 0 Å². The van der Waals surface area contributed by atoms with Crippen molar-refractivity contribution in [1.82, 2.24) is 10.3 Å². The highest BCUT2D eigenvalue weighted by atomic mass is 14.9. The predicted octanol–water partition coefficient (Wildman–Crippen LogP) is 2.57. The molecule has 15 heavy (non-hydrogen) atoms. The van der Waals surface area contributed by atoms with Gasteiger partial charge in [0, 0.05) is 24.4 Å². The number of aromatic nitrogens is 1. The van der Waals surface area contributed by atoms with E-state index in [-0.39, 0.29) is 0 Å². The number of hydrogen-bond donors (Lipinski definition) is 1. The largest absolute Gasteiger partial charge is 0.313 e. The van der Waals surface area contributed by atoms with Crippen LogP contribution in [0.25, 0.3) is 0 Å². The summed E-state index contributed by atoms with van der Waals surface area (Å²) in [5.74, 6) is 0. The van der Waals surface area contributed by atoms with E-state index in [4.69, 9.17) is 0 Å². The normalized spacial score (nSPS) is 12.3. The van der Waals surface area contributed by atoms with Gasteiger partial charge in [-0.2, -0.15) is 0 Å². The number of nitrogens with zero attached hydrogens (tertiary/aromatic N) is 1. The third-order valence-electron chi connectivity index (χ3n) is 2.32. The van der Waals surface area contributed by atoms with Gasteiger partial charge in [0.15, 0.2) is 0 Å². The standard InChI is InChI=1S/C13H20N2/c1-3-7-12(14-9-4-2)11-13-8-5-6-10-15-13/h3,5-6,8,10,12,14H,1,4,7,9,11H2,2H3. The number of rotatable bonds is 7. The van der Waals surface area contributed by atoms with Crippen molar-refractivity contribution in [3.63, 3.8) is 0 Å². The first-order valence-corrected chi connectivity index (χ1v) is 5.61. The van der Waals surface area contributed by atoms with Crippen molar-refractivity contribution < 1.29 is 0 Å². The summed E-state index contributed by atoms with van der Waals surface area (Å²) >= 11 is 0. The van der Waals surface area contributed by atoms with Gasteiger partial charge in [-0.15, -0.1) is 6.58 Å². The van der Waals surface area contributed by atoms with Gasteiger partial charge in [-0.3, -0.25) is 4.98 Å². The van der Waals surface area contributed by atoms with Crippen LogP contribution < -0.4 is 5.32 Å². The van der Waals surface area contributed by atoms with Gasteiger partial charge in [0.05, 0.1) is 0 Å². The molecule has 1 atom stereocenters. The molecule has 0 aliphatic carbocycles. The third kappa shape index (κ3) is 4.75. The Hall–Kier alpha value is -1.15. The van der Waals surface area contributed by atoms with E-state index in [1.807, 2.05) is 24.4 Å². The molecule has 2 nitrogen and oxygen atoms in total. The second-order valence-electron chi connectivity index (χ2n) is 3.70. The van der Waals surface area contributed by atoms with Crippen LogP contribution in [0.5, 0.6) is 0 Å². The Morgan fingerprint density at radius 2 is 2.40 bits per heavy atom. The van der Waals surface area contributed by atoms with E-state index in [1.54, 1.807) is 0 Å². The summed E-state index contributed by atoms with van der Waals surface area (Å²) in [6, 6.07) is 6.53. The van der Waals surface area contributed by atoms with Crippen LogP contribution in [0.3, 0.4) is 0 Å². The molecule has 0 radical (unpaired) electrons. The second kappa shape index (κ2) is 7.18. The summed E-state index contributed by atoms with van der Waals surface area (Å²) in [6.45, 7) is 7.03. The SMILES string of the molecule is C=CCC(Cc1ccccn1)NCCC. The monoisotopic (exact) mass is 204 g/mol. The molecule has 82 valence electrons. The minimum Gasteiger partial charge on any atom is -0.313 e. The smallest absolute Gasteiger partial charge is 0.0419 e. The zero-order chi connectivity index (χ0) is 10.9. The zero-order valence-corrected chi connectivity index (χ0v) is 9.45. The Morgan fingerprint density at radius 1 is 1.53 bits per heavy atom. The maximum absolute atomic E-state index is 4.33. The number of pyridine rings is 1. The van der Waals surface area contributed by atoms with Crippen LogP contribution in [0.2, 0.25) is 0 Å². The van der Waals surface area contributed by atoms with Crippen LogP contribution in [0.1, 0.15) is 25.5 Å². The maximum atomic E-state index is 4.33. The Morgan fingerprint density at radius 3 is 3.00 bits per heavy atom. The summed E-state index contributed by atoms with van der Waals surface area (Å²) in [5, 5.41) is 3.51. The van der Waals surface area contributed by atoms with Crippen molar-refractivity contribution in [1.29, 1.82) is 0 Å². The summed E-state index contributed by atoms with van der Waals surface area (Å²) in [4.78, 5) is 4.33. The molecule has 0 aromatic carbocycles. The van der Waals surface area contributed by atoms with Crippen LogP contribution in [0.15, 0.2) is 37.1 Å². The molecule has 0 aliphatic heterocycles. The van der Waals surface area contributed by atoms with E-state index in [0.717, 1.165) is 31.5 Å². The van der Waals surface area contributed by atoms with E-state index in [1.165, 1.54) is 0 Å². The lowest BCUT2D eigenvalue weighted by molar-refractivity contribution is 0.507. The molecule has 1 unspecified atom stereocenters. The fourth-order valence-corrected chi connectivity index (χ4v) is 1.56. The Balaban J connectivity index is 2.46. The van der Waals surface area contributed by atoms with Gasteiger partial charge in [-0.25, -0.2) is 0 Å².